The van der Waals surface area contributed by atoms with E-state index in [0.717, 1.165) is 4.47 Å². The molecule has 1 amide bonds. The summed E-state index contributed by atoms with van der Waals surface area (Å²) in [5, 5.41) is 8.90. The SMILES string of the molecule is CC(Oc1ccc(Br)cc1)C(=O)N(CCCO)C(C)C. The summed E-state index contributed by atoms with van der Waals surface area (Å²) in [6.45, 7) is 6.29. The minimum atomic E-state index is -0.544. The van der Waals surface area contributed by atoms with Crippen LogP contribution in [0.1, 0.15) is 27.2 Å². The third-order valence-electron chi connectivity index (χ3n) is 2.94. The molecule has 1 atom stereocenters. The van der Waals surface area contributed by atoms with E-state index in [4.69, 9.17) is 9.84 Å². The first-order valence-electron chi connectivity index (χ1n) is 6.79. The van der Waals surface area contributed by atoms with Crippen LogP contribution in [0.4, 0.5) is 0 Å². The maximum atomic E-state index is 12.4. The highest BCUT2D eigenvalue weighted by molar-refractivity contribution is 9.10. The van der Waals surface area contributed by atoms with Crippen LogP contribution < -0.4 is 4.74 Å². The number of hydrogen-bond acceptors (Lipinski definition) is 3. The number of aliphatic hydroxyl groups excluding tert-OH is 1. The average Bonchev–Trinajstić information content (AvgIpc) is 2.41. The molecule has 4 nitrogen and oxygen atoms in total. The zero-order valence-electron chi connectivity index (χ0n) is 12.2. The predicted molar refractivity (Wildman–Crippen MR) is 82.8 cm³/mol. The molecule has 1 aromatic rings. The standard InChI is InChI=1S/C15H22BrNO3/c1-11(2)17(9-4-10-18)15(19)12(3)20-14-7-5-13(16)6-8-14/h5-8,11-12,18H,4,9-10H2,1-3H3. The molecule has 1 N–H and O–H groups in total. The third kappa shape index (κ3) is 5.13. The van der Waals surface area contributed by atoms with Gasteiger partial charge in [0.05, 0.1) is 0 Å². The summed E-state index contributed by atoms with van der Waals surface area (Å²) < 4.78 is 6.64. The molecule has 0 spiro atoms. The van der Waals surface area contributed by atoms with Crippen molar-refractivity contribution < 1.29 is 14.6 Å². The van der Waals surface area contributed by atoms with E-state index in [-0.39, 0.29) is 18.6 Å². The fourth-order valence-electron chi connectivity index (χ4n) is 1.87. The van der Waals surface area contributed by atoms with Crippen molar-refractivity contribution in [2.75, 3.05) is 13.2 Å². The van der Waals surface area contributed by atoms with E-state index in [0.29, 0.717) is 18.7 Å². The van der Waals surface area contributed by atoms with Crippen molar-refractivity contribution in [3.8, 4) is 5.75 Å². The Morgan fingerprint density at radius 2 is 1.90 bits per heavy atom. The van der Waals surface area contributed by atoms with Crippen molar-refractivity contribution >= 4 is 21.8 Å². The van der Waals surface area contributed by atoms with Crippen LogP contribution in [0.2, 0.25) is 0 Å². The number of rotatable bonds is 7. The van der Waals surface area contributed by atoms with Gasteiger partial charge in [-0.2, -0.15) is 0 Å². The van der Waals surface area contributed by atoms with Crippen molar-refractivity contribution in [3.05, 3.63) is 28.7 Å². The number of benzene rings is 1. The molecule has 1 unspecified atom stereocenters. The Hall–Kier alpha value is -1.07. The molecular weight excluding hydrogens is 322 g/mol. The summed E-state index contributed by atoms with van der Waals surface area (Å²) in [5.41, 5.74) is 0. The van der Waals surface area contributed by atoms with Crippen LogP contribution in [0, 0.1) is 0 Å². The molecule has 5 heteroatoms. The molecule has 0 aliphatic carbocycles. The second kappa shape index (κ2) is 8.27. The topological polar surface area (TPSA) is 49.8 Å². The van der Waals surface area contributed by atoms with E-state index in [1.165, 1.54) is 0 Å². The van der Waals surface area contributed by atoms with Gasteiger partial charge in [-0.15, -0.1) is 0 Å². The van der Waals surface area contributed by atoms with Gasteiger partial charge in [-0.1, -0.05) is 15.9 Å². The molecule has 1 rings (SSSR count). The molecule has 20 heavy (non-hydrogen) atoms. The third-order valence-corrected chi connectivity index (χ3v) is 3.47. The van der Waals surface area contributed by atoms with Gasteiger partial charge in [0, 0.05) is 23.7 Å². The van der Waals surface area contributed by atoms with E-state index in [9.17, 15) is 4.79 Å². The van der Waals surface area contributed by atoms with Gasteiger partial charge in [-0.3, -0.25) is 4.79 Å². The lowest BCUT2D eigenvalue weighted by Gasteiger charge is -2.29. The quantitative estimate of drug-likeness (QED) is 0.828. The van der Waals surface area contributed by atoms with Crippen molar-refractivity contribution in [2.45, 2.75) is 39.3 Å². The molecule has 1 aromatic carbocycles. The van der Waals surface area contributed by atoms with Gasteiger partial charge in [-0.25, -0.2) is 0 Å². The lowest BCUT2D eigenvalue weighted by molar-refractivity contribution is -0.139. The Labute approximate surface area is 128 Å². The molecule has 0 radical (unpaired) electrons. The van der Waals surface area contributed by atoms with E-state index in [1.54, 1.807) is 11.8 Å². The lowest BCUT2D eigenvalue weighted by Crippen LogP contribution is -2.45. The largest absolute Gasteiger partial charge is 0.481 e. The first-order chi connectivity index (χ1) is 9.45. The van der Waals surface area contributed by atoms with E-state index in [2.05, 4.69) is 15.9 Å². The predicted octanol–water partition coefficient (Wildman–Crippen LogP) is 2.84. The molecular formula is C15H22BrNO3. The van der Waals surface area contributed by atoms with Gasteiger partial charge < -0.3 is 14.7 Å². The number of amides is 1. The molecule has 0 aliphatic heterocycles. The Kier molecular flexibility index (Phi) is 7.02. The zero-order valence-corrected chi connectivity index (χ0v) is 13.8. The van der Waals surface area contributed by atoms with Crippen LogP contribution in [0.25, 0.3) is 0 Å². The van der Waals surface area contributed by atoms with Crippen LogP contribution in [0.3, 0.4) is 0 Å². The summed E-state index contributed by atoms with van der Waals surface area (Å²) in [7, 11) is 0. The summed E-state index contributed by atoms with van der Waals surface area (Å²) >= 11 is 3.36. The molecule has 0 heterocycles. The summed E-state index contributed by atoms with van der Waals surface area (Å²) in [4.78, 5) is 14.1. The van der Waals surface area contributed by atoms with Crippen LogP contribution in [-0.4, -0.2) is 41.2 Å². The first-order valence-corrected chi connectivity index (χ1v) is 7.58. The van der Waals surface area contributed by atoms with Crippen LogP contribution in [0.5, 0.6) is 5.75 Å². The lowest BCUT2D eigenvalue weighted by atomic mass is 10.2. The van der Waals surface area contributed by atoms with Crippen molar-refractivity contribution in [2.24, 2.45) is 0 Å². The van der Waals surface area contributed by atoms with Crippen molar-refractivity contribution in [1.29, 1.82) is 0 Å². The Morgan fingerprint density at radius 1 is 1.30 bits per heavy atom. The molecule has 0 saturated heterocycles. The number of hydrogen-bond donors (Lipinski definition) is 1. The summed E-state index contributed by atoms with van der Waals surface area (Å²) in [5.74, 6) is 0.608. The Bertz CT molecular complexity index is 420. The second-order valence-corrected chi connectivity index (χ2v) is 5.83. The molecule has 0 aromatic heterocycles. The molecule has 0 fully saturated rings. The van der Waals surface area contributed by atoms with Crippen LogP contribution in [-0.2, 0) is 4.79 Å². The van der Waals surface area contributed by atoms with Crippen LogP contribution in [0.15, 0.2) is 28.7 Å². The van der Waals surface area contributed by atoms with Gasteiger partial charge in [0.1, 0.15) is 5.75 Å². The van der Waals surface area contributed by atoms with Gasteiger partial charge in [0.2, 0.25) is 0 Å². The zero-order chi connectivity index (χ0) is 15.1. The highest BCUT2D eigenvalue weighted by Gasteiger charge is 2.23. The van der Waals surface area contributed by atoms with Gasteiger partial charge >= 0.3 is 0 Å². The highest BCUT2D eigenvalue weighted by atomic mass is 79.9. The molecule has 0 bridgehead atoms. The smallest absolute Gasteiger partial charge is 0.263 e. The normalized spacial score (nSPS) is 12.3. The van der Waals surface area contributed by atoms with Gasteiger partial charge in [-0.05, 0) is 51.5 Å². The number of aliphatic hydroxyl groups is 1. The molecule has 0 saturated carbocycles. The average molecular weight is 344 g/mol. The summed E-state index contributed by atoms with van der Waals surface area (Å²) in [6, 6.07) is 7.48. The summed E-state index contributed by atoms with van der Waals surface area (Å²) in [6.07, 6.45) is 0.0341. The number of nitrogens with zero attached hydrogens (tertiary/aromatic N) is 1. The van der Waals surface area contributed by atoms with Crippen molar-refractivity contribution in [3.63, 3.8) is 0 Å². The van der Waals surface area contributed by atoms with Gasteiger partial charge in [0.15, 0.2) is 6.10 Å². The van der Waals surface area contributed by atoms with E-state index in [1.807, 2.05) is 38.1 Å². The highest BCUT2D eigenvalue weighted by Crippen LogP contribution is 2.18. The first kappa shape index (κ1) is 17.0. The molecule has 112 valence electrons. The number of carbonyl (C=O) groups excluding carboxylic acids is 1. The Balaban J connectivity index is 2.66. The monoisotopic (exact) mass is 343 g/mol. The fraction of sp³-hybridized carbons (Fsp3) is 0.533. The maximum absolute atomic E-state index is 12.4. The molecule has 0 aliphatic rings. The van der Waals surface area contributed by atoms with E-state index >= 15 is 0 Å². The Morgan fingerprint density at radius 3 is 2.40 bits per heavy atom. The van der Waals surface area contributed by atoms with Crippen LogP contribution >= 0.6 is 15.9 Å². The van der Waals surface area contributed by atoms with Gasteiger partial charge in [0.25, 0.3) is 5.91 Å². The van der Waals surface area contributed by atoms with Crippen molar-refractivity contribution in [1.82, 2.24) is 4.90 Å². The maximum Gasteiger partial charge on any atom is 0.263 e. The number of halogens is 1. The van der Waals surface area contributed by atoms with E-state index < -0.39 is 6.10 Å². The minimum Gasteiger partial charge on any atom is -0.481 e. The number of carbonyl (C=O) groups is 1. The fourth-order valence-corrected chi connectivity index (χ4v) is 2.13. The minimum absolute atomic E-state index is 0.0589. The second-order valence-electron chi connectivity index (χ2n) is 4.92. The number of ether oxygens (including phenoxy) is 1.